The van der Waals surface area contributed by atoms with Gasteiger partial charge in [-0.05, 0) is 32.4 Å². The second-order valence-electron chi connectivity index (χ2n) is 5.82. The maximum atomic E-state index is 12.3. The predicted molar refractivity (Wildman–Crippen MR) is 96.9 cm³/mol. The van der Waals surface area contributed by atoms with Gasteiger partial charge in [-0.2, -0.15) is 0 Å². The fourth-order valence-corrected chi connectivity index (χ4v) is 3.00. The summed E-state index contributed by atoms with van der Waals surface area (Å²) < 4.78 is 0. The van der Waals surface area contributed by atoms with Crippen molar-refractivity contribution in [1.29, 1.82) is 0 Å². The maximum absolute atomic E-state index is 12.3. The summed E-state index contributed by atoms with van der Waals surface area (Å²) in [6, 6.07) is 7.57. The quantitative estimate of drug-likeness (QED) is 0.507. The highest BCUT2D eigenvalue weighted by molar-refractivity contribution is 8.00. The van der Waals surface area contributed by atoms with Crippen LogP contribution >= 0.6 is 11.8 Å². The fourth-order valence-electron chi connectivity index (χ4n) is 2.14. The Morgan fingerprint density at radius 2 is 1.87 bits per heavy atom. The minimum absolute atomic E-state index is 0.0141. The van der Waals surface area contributed by atoms with E-state index in [-0.39, 0.29) is 17.9 Å². The molecule has 2 N–H and O–H groups in total. The summed E-state index contributed by atoms with van der Waals surface area (Å²) in [5, 5.41) is 5.82. The molecule has 4 nitrogen and oxygen atoms in total. The van der Waals surface area contributed by atoms with E-state index in [0.29, 0.717) is 17.9 Å². The topological polar surface area (TPSA) is 58.2 Å². The molecule has 1 rings (SSSR count). The number of hydrogen-bond acceptors (Lipinski definition) is 3. The van der Waals surface area contributed by atoms with Crippen LogP contribution in [0.2, 0.25) is 0 Å². The highest BCUT2D eigenvalue weighted by Gasteiger charge is 2.12. The van der Waals surface area contributed by atoms with Crippen LogP contribution in [-0.2, 0) is 4.79 Å². The molecule has 0 atom stereocenters. The van der Waals surface area contributed by atoms with Crippen molar-refractivity contribution < 1.29 is 9.59 Å². The van der Waals surface area contributed by atoms with Gasteiger partial charge in [-0.1, -0.05) is 38.3 Å². The van der Waals surface area contributed by atoms with Crippen molar-refractivity contribution in [2.24, 2.45) is 0 Å². The van der Waals surface area contributed by atoms with Gasteiger partial charge >= 0.3 is 0 Å². The number of amides is 2. The van der Waals surface area contributed by atoms with E-state index in [1.54, 1.807) is 0 Å². The molecule has 2 amide bonds. The molecule has 0 aliphatic rings. The molecule has 0 radical (unpaired) electrons. The number of unbranched alkanes of at least 4 members (excludes halogenated alkanes) is 3. The normalized spacial score (nSPS) is 10.6. The second kappa shape index (κ2) is 11.1. The van der Waals surface area contributed by atoms with Gasteiger partial charge < -0.3 is 10.6 Å². The van der Waals surface area contributed by atoms with Crippen molar-refractivity contribution in [1.82, 2.24) is 10.6 Å². The molecule has 5 heteroatoms. The van der Waals surface area contributed by atoms with Gasteiger partial charge in [-0.25, -0.2) is 0 Å². The van der Waals surface area contributed by atoms with Crippen LogP contribution in [0.3, 0.4) is 0 Å². The van der Waals surface area contributed by atoms with Gasteiger partial charge in [-0.15, -0.1) is 11.8 Å². The molecule has 0 bridgehead atoms. The Labute approximate surface area is 143 Å². The van der Waals surface area contributed by atoms with Gasteiger partial charge in [-0.3, -0.25) is 9.59 Å². The van der Waals surface area contributed by atoms with Crippen molar-refractivity contribution in [2.45, 2.75) is 57.4 Å². The van der Waals surface area contributed by atoms with Crippen molar-refractivity contribution in [3.63, 3.8) is 0 Å². The van der Waals surface area contributed by atoms with Crippen molar-refractivity contribution in [2.75, 3.05) is 12.3 Å². The lowest BCUT2D eigenvalue weighted by Gasteiger charge is -2.11. The van der Waals surface area contributed by atoms with Gasteiger partial charge in [0.25, 0.3) is 5.91 Å². The summed E-state index contributed by atoms with van der Waals surface area (Å²) in [5.41, 5.74) is 0.644. The first-order valence-electron chi connectivity index (χ1n) is 8.34. The highest BCUT2D eigenvalue weighted by Crippen LogP contribution is 2.22. The number of nitrogens with one attached hydrogen (secondary N) is 2. The summed E-state index contributed by atoms with van der Waals surface area (Å²) in [5.74, 6) is 0.243. The van der Waals surface area contributed by atoms with Gasteiger partial charge in [0, 0.05) is 17.5 Å². The third-order valence-corrected chi connectivity index (χ3v) is 4.33. The minimum Gasteiger partial charge on any atom is -0.353 e. The SMILES string of the molecule is CCCCCCNC(=O)c1ccccc1SCC(=O)NC(C)C. The zero-order valence-corrected chi connectivity index (χ0v) is 15.2. The van der Waals surface area contributed by atoms with Crippen molar-refractivity contribution >= 4 is 23.6 Å². The van der Waals surface area contributed by atoms with Crippen LogP contribution in [0.5, 0.6) is 0 Å². The van der Waals surface area contributed by atoms with E-state index in [1.807, 2.05) is 38.1 Å². The highest BCUT2D eigenvalue weighted by atomic mass is 32.2. The van der Waals surface area contributed by atoms with E-state index in [1.165, 1.54) is 24.6 Å². The summed E-state index contributed by atoms with van der Waals surface area (Å²) in [4.78, 5) is 24.9. The molecular weight excluding hydrogens is 308 g/mol. The number of carbonyl (C=O) groups is 2. The van der Waals surface area contributed by atoms with Crippen molar-refractivity contribution in [3.8, 4) is 0 Å². The average Bonchev–Trinajstić information content (AvgIpc) is 2.52. The molecule has 0 spiro atoms. The number of rotatable bonds is 10. The first-order valence-corrected chi connectivity index (χ1v) is 9.32. The predicted octanol–water partition coefficient (Wildman–Crippen LogP) is 3.61. The largest absolute Gasteiger partial charge is 0.353 e. The van der Waals surface area contributed by atoms with E-state index < -0.39 is 0 Å². The van der Waals surface area contributed by atoms with E-state index in [2.05, 4.69) is 17.6 Å². The van der Waals surface area contributed by atoms with Crippen molar-refractivity contribution in [3.05, 3.63) is 29.8 Å². The summed E-state index contributed by atoms with van der Waals surface area (Å²) >= 11 is 1.40. The minimum atomic E-state index is -0.0612. The van der Waals surface area contributed by atoms with Gasteiger partial charge in [0.1, 0.15) is 0 Å². The van der Waals surface area contributed by atoms with Crippen LogP contribution in [-0.4, -0.2) is 30.2 Å². The Morgan fingerprint density at radius 3 is 2.57 bits per heavy atom. The molecule has 0 saturated carbocycles. The van der Waals surface area contributed by atoms with Crippen LogP contribution in [0.1, 0.15) is 56.8 Å². The number of carbonyl (C=O) groups excluding carboxylic acids is 2. The summed E-state index contributed by atoms with van der Waals surface area (Å²) in [6.45, 7) is 6.73. The van der Waals surface area contributed by atoms with E-state index in [4.69, 9.17) is 0 Å². The molecule has 0 aliphatic carbocycles. The molecular formula is C18H28N2O2S. The molecule has 0 aliphatic heterocycles. The first kappa shape index (κ1) is 19.6. The van der Waals surface area contributed by atoms with Gasteiger partial charge in [0.05, 0.1) is 11.3 Å². The van der Waals surface area contributed by atoms with Crippen LogP contribution in [0.15, 0.2) is 29.2 Å². The van der Waals surface area contributed by atoms with Crippen LogP contribution < -0.4 is 10.6 Å². The third kappa shape index (κ3) is 8.07. The molecule has 0 saturated heterocycles. The number of benzene rings is 1. The van der Waals surface area contributed by atoms with E-state index in [0.717, 1.165) is 17.7 Å². The Morgan fingerprint density at radius 1 is 1.13 bits per heavy atom. The monoisotopic (exact) mass is 336 g/mol. The molecule has 1 aromatic rings. The smallest absolute Gasteiger partial charge is 0.252 e. The zero-order valence-electron chi connectivity index (χ0n) is 14.4. The van der Waals surface area contributed by atoms with Crippen LogP contribution in [0, 0.1) is 0 Å². The average molecular weight is 337 g/mol. The maximum Gasteiger partial charge on any atom is 0.252 e. The second-order valence-corrected chi connectivity index (χ2v) is 6.84. The molecule has 0 fully saturated rings. The lowest BCUT2D eigenvalue weighted by atomic mass is 10.2. The summed E-state index contributed by atoms with van der Waals surface area (Å²) in [7, 11) is 0. The standard InChI is InChI=1S/C18H28N2O2S/c1-4-5-6-9-12-19-18(22)15-10-7-8-11-16(15)23-13-17(21)20-14(2)3/h7-8,10-11,14H,4-6,9,12-13H2,1-3H3,(H,19,22)(H,20,21). The lowest BCUT2D eigenvalue weighted by molar-refractivity contribution is -0.119. The number of hydrogen-bond donors (Lipinski definition) is 2. The Hall–Kier alpha value is -1.49. The Kier molecular flexibility index (Phi) is 9.45. The molecule has 0 unspecified atom stereocenters. The summed E-state index contributed by atoms with van der Waals surface area (Å²) in [6.07, 6.45) is 4.54. The molecule has 128 valence electrons. The molecule has 0 aromatic heterocycles. The fraction of sp³-hybridized carbons (Fsp3) is 0.556. The van der Waals surface area contributed by atoms with Crippen LogP contribution in [0.25, 0.3) is 0 Å². The van der Waals surface area contributed by atoms with E-state index in [9.17, 15) is 9.59 Å². The zero-order chi connectivity index (χ0) is 17.1. The lowest BCUT2D eigenvalue weighted by Crippen LogP contribution is -2.31. The first-order chi connectivity index (χ1) is 11.0. The van der Waals surface area contributed by atoms with Crippen LogP contribution in [0.4, 0.5) is 0 Å². The third-order valence-electron chi connectivity index (χ3n) is 3.26. The molecule has 0 heterocycles. The Balaban J connectivity index is 2.52. The molecule has 23 heavy (non-hydrogen) atoms. The van der Waals surface area contributed by atoms with E-state index >= 15 is 0 Å². The van der Waals surface area contributed by atoms with Gasteiger partial charge in [0.2, 0.25) is 5.91 Å². The number of thioether (sulfide) groups is 1. The molecule has 1 aromatic carbocycles. The Bertz CT molecular complexity index is 504. The van der Waals surface area contributed by atoms with Gasteiger partial charge in [0.15, 0.2) is 0 Å².